The molecule has 8 heavy (non-hydrogen) atoms. The lowest BCUT2D eigenvalue weighted by Gasteiger charge is -2.30. The Morgan fingerprint density at radius 3 is 2.25 bits per heavy atom. The Labute approximate surface area is 54.7 Å². The molecule has 0 nitrogen and oxygen atoms in total. The van der Waals surface area contributed by atoms with Gasteiger partial charge in [-0.1, -0.05) is 12.2 Å². The van der Waals surface area contributed by atoms with Crippen molar-refractivity contribution in [2.75, 3.05) is 5.75 Å². The van der Waals surface area contributed by atoms with Crippen LogP contribution in [0.4, 0.5) is 0 Å². The SMILES string of the molecule is C=CC1CSC1C=C. The van der Waals surface area contributed by atoms with Crippen LogP contribution in [-0.2, 0) is 0 Å². The minimum atomic E-state index is 0.660. The van der Waals surface area contributed by atoms with Crippen molar-refractivity contribution in [1.29, 1.82) is 0 Å². The summed E-state index contributed by atoms with van der Waals surface area (Å²) in [5.74, 6) is 1.94. The summed E-state index contributed by atoms with van der Waals surface area (Å²) < 4.78 is 0. The van der Waals surface area contributed by atoms with Gasteiger partial charge in [-0.3, -0.25) is 0 Å². The number of allylic oxidation sites excluding steroid dienone is 1. The van der Waals surface area contributed by atoms with Crippen molar-refractivity contribution in [1.82, 2.24) is 0 Å². The van der Waals surface area contributed by atoms with Gasteiger partial charge in [0, 0.05) is 16.9 Å². The zero-order valence-corrected chi connectivity index (χ0v) is 5.66. The van der Waals surface area contributed by atoms with Crippen molar-refractivity contribution < 1.29 is 0 Å². The number of thioether (sulfide) groups is 1. The van der Waals surface area contributed by atoms with E-state index in [4.69, 9.17) is 0 Å². The Balaban J connectivity index is 2.36. The topological polar surface area (TPSA) is 0 Å². The van der Waals surface area contributed by atoms with Gasteiger partial charge in [-0.2, -0.15) is 11.8 Å². The molecule has 1 heteroatoms. The van der Waals surface area contributed by atoms with E-state index in [1.165, 1.54) is 5.75 Å². The Morgan fingerprint density at radius 2 is 2.12 bits per heavy atom. The molecule has 0 spiro atoms. The maximum atomic E-state index is 3.72. The summed E-state index contributed by atoms with van der Waals surface area (Å²) in [7, 11) is 0. The highest BCUT2D eigenvalue weighted by Crippen LogP contribution is 2.35. The molecular weight excluding hydrogens is 116 g/mol. The van der Waals surface area contributed by atoms with E-state index in [0.29, 0.717) is 11.2 Å². The highest BCUT2D eigenvalue weighted by atomic mass is 32.2. The van der Waals surface area contributed by atoms with Crippen LogP contribution >= 0.6 is 11.8 Å². The second-order valence-electron chi connectivity index (χ2n) is 1.93. The molecule has 0 aromatic rings. The van der Waals surface area contributed by atoms with Gasteiger partial charge >= 0.3 is 0 Å². The van der Waals surface area contributed by atoms with Crippen molar-refractivity contribution in [3.05, 3.63) is 25.3 Å². The molecule has 1 aliphatic heterocycles. The summed E-state index contributed by atoms with van der Waals surface area (Å²) in [5.41, 5.74) is 0. The third kappa shape index (κ3) is 0.826. The fourth-order valence-corrected chi connectivity index (χ4v) is 1.78. The zero-order chi connectivity index (χ0) is 5.98. The van der Waals surface area contributed by atoms with Crippen molar-refractivity contribution in [3.8, 4) is 0 Å². The number of hydrogen-bond donors (Lipinski definition) is 0. The number of hydrogen-bond acceptors (Lipinski definition) is 1. The summed E-state index contributed by atoms with van der Waals surface area (Å²) in [6.07, 6.45) is 4.02. The van der Waals surface area contributed by atoms with Gasteiger partial charge in [-0.25, -0.2) is 0 Å². The predicted octanol–water partition coefficient (Wildman–Crippen LogP) is 2.09. The molecule has 0 amide bonds. The van der Waals surface area contributed by atoms with Crippen LogP contribution in [0.3, 0.4) is 0 Å². The van der Waals surface area contributed by atoms with Gasteiger partial charge < -0.3 is 0 Å². The average molecular weight is 126 g/mol. The first-order chi connectivity index (χ1) is 3.88. The average Bonchev–Trinajstić information content (AvgIpc) is 1.66. The summed E-state index contributed by atoms with van der Waals surface area (Å²) in [4.78, 5) is 0. The lowest BCUT2D eigenvalue weighted by molar-refractivity contribution is 0.727. The molecule has 0 aromatic heterocycles. The molecule has 1 aliphatic rings. The molecule has 0 aliphatic carbocycles. The van der Waals surface area contributed by atoms with Gasteiger partial charge in [0.1, 0.15) is 0 Å². The molecule has 2 atom stereocenters. The predicted molar refractivity (Wildman–Crippen MR) is 40.1 cm³/mol. The second-order valence-corrected chi connectivity index (χ2v) is 3.14. The minimum Gasteiger partial charge on any atom is -0.153 e. The van der Waals surface area contributed by atoms with E-state index in [0.717, 1.165) is 0 Å². The van der Waals surface area contributed by atoms with Gasteiger partial charge in [0.2, 0.25) is 0 Å². The standard InChI is InChI=1S/C7H10S/c1-3-6-5-8-7(6)4-2/h3-4,6-7H,1-2,5H2. The molecule has 0 bridgehead atoms. The maximum Gasteiger partial charge on any atom is 0.0295 e. The highest BCUT2D eigenvalue weighted by molar-refractivity contribution is 8.01. The first kappa shape index (κ1) is 5.96. The van der Waals surface area contributed by atoms with Gasteiger partial charge in [-0.15, -0.1) is 13.2 Å². The Hall–Kier alpha value is -0.170. The summed E-state index contributed by atoms with van der Waals surface area (Å²) in [6.45, 7) is 7.43. The van der Waals surface area contributed by atoms with E-state index in [9.17, 15) is 0 Å². The Morgan fingerprint density at radius 1 is 1.38 bits per heavy atom. The molecule has 0 aromatic carbocycles. The second kappa shape index (κ2) is 2.40. The monoisotopic (exact) mass is 126 g/mol. The van der Waals surface area contributed by atoms with Crippen molar-refractivity contribution in [2.24, 2.45) is 5.92 Å². The highest BCUT2D eigenvalue weighted by Gasteiger charge is 2.25. The quantitative estimate of drug-likeness (QED) is 0.510. The van der Waals surface area contributed by atoms with Crippen molar-refractivity contribution in [2.45, 2.75) is 5.25 Å². The van der Waals surface area contributed by atoms with E-state index in [2.05, 4.69) is 13.2 Å². The van der Waals surface area contributed by atoms with Gasteiger partial charge in [-0.05, 0) is 0 Å². The largest absolute Gasteiger partial charge is 0.153 e. The van der Waals surface area contributed by atoms with E-state index in [1.807, 2.05) is 23.9 Å². The zero-order valence-electron chi connectivity index (χ0n) is 4.84. The minimum absolute atomic E-state index is 0.660. The molecule has 44 valence electrons. The van der Waals surface area contributed by atoms with Crippen LogP contribution in [0.1, 0.15) is 0 Å². The molecule has 1 fully saturated rings. The van der Waals surface area contributed by atoms with Crippen LogP contribution in [0.15, 0.2) is 25.3 Å². The normalized spacial score (nSPS) is 35.5. The lowest BCUT2D eigenvalue weighted by Crippen LogP contribution is -2.26. The Kier molecular flexibility index (Phi) is 1.79. The fourth-order valence-electron chi connectivity index (χ4n) is 0.763. The van der Waals surface area contributed by atoms with Crippen molar-refractivity contribution in [3.63, 3.8) is 0 Å². The molecule has 1 saturated heterocycles. The molecule has 1 heterocycles. The van der Waals surface area contributed by atoms with Crippen LogP contribution in [0.25, 0.3) is 0 Å². The first-order valence-electron chi connectivity index (χ1n) is 2.75. The summed E-state index contributed by atoms with van der Waals surface area (Å²) >= 11 is 1.95. The van der Waals surface area contributed by atoms with Gasteiger partial charge in [0.15, 0.2) is 0 Å². The first-order valence-corrected chi connectivity index (χ1v) is 3.80. The van der Waals surface area contributed by atoms with E-state index in [1.54, 1.807) is 0 Å². The molecule has 1 rings (SSSR count). The van der Waals surface area contributed by atoms with Crippen LogP contribution in [-0.4, -0.2) is 11.0 Å². The molecule has 0 saturated carbocycles. The smallest absolute Gasteiger partial charge is 0.0295 e. The molecule has 0 N–H and O–H groups in total. The van der Waals surface area contributed by atoms with Gasteiger partial charge in [0.05, 0.1) is 0 Å². The molecule has 2 unspecified atom stereocenters. The number of rotatable bonds is 2. The Bertz CT molecular complexity index is 93.0. The van der Waals surface area contributed by atoms with Crippen LogP contribution in [0.5, 0.6) is 0 Å². The van der Waals surface area contributed by atoms with E-state index < -0.39 is 0 Å². The van der Waals surface area contributed by atoms with Crippen molar-refractivity contribution >= 4 is 11.8 Å². The molecule has 0 radical (unpaired) electrons. The lowest BCUT2D eigenvalue weighted by atomic mass is 10.1. The maximum absolute atomic E-state index is 3.72. The van der Waals surface area contributed by atoms with Crippen LogP contribution < -0.4 is 0 Å². The molecular formula is C7H10S. The van der Waals surface area contributed by atoms with Gasteiger partial charge in [0.25, 0.3) is 0 Å². The van der Waals surface area contributed by atoms with E-state index >= 15 is 0 Å². The van der Waals surface area contributed by atoms with Crippen LogP contribution in [0, 0.1) is 5.92 Å². The summed E-state index contributed by atoms with van der Waals surface area (Å²) in [5, 5.41) is 0.660. The fraction of sp³-hybridized carbons (Fsp3) is 0.429. The van der Waals surface area contributed by atoms with Crippen LogP contribution in [0.2, 0.25) is 0 Å². The third-order valence-electron chi connectivity index (χ3n) is 1.44. The third-order valence-corrected chi connectivity index (χ3v) is 2.94. The summed E-state index contributed by atoms with van der Waals surface area (Å²) in [6, 6.07) is 0. The van der Waals surface area contributed by atoms with E-state index in [-0.39, 0.29) is 0 Å².